The first-order valence-electron chi connectivity index (χ1n) is 9.45. The highest BCUT2D eigenvalue weighted by Gasteiger charge is 2.26. The molecule has 1 fully saturated rings. The minimum absolute atomic E-state index is 0.0360. The van der Waals surface area contributed by atoms with Gasteiger partial charge in [0.1, 0.15) is 4.92 Å². The summed E-state index contributed by atoms with van der Waals surface area (Å²) in [6, 6.07) is 7.54. The fourth-order valence-corrected chi connectivity index (χ4v) is 3.34. The van der Waals surface area contributed by atoms with Gasteiger partial charge in [0.15, 0.2) is 17.3 Å². The highest BCUT2D eigenvalue weighted by atomic mass is 16.7. The van der Waals surface area contributed by atoms with Crippen LogP contribution < -0.4 is 14.8 Å². The number of nitrogens with one attached hydrogen (secondary N) is 1. The molecular formula is C19H20N4O7. The van der Waals surface area contributed by atoms with Crippen molar-refractivity contribution >= 4 is 17.7 Å². The molecule has 2 aliphatic heterocycles. The zero-order valence-corrected chi connectivity index (χ0v) is 16.0. The Balaban J connectivity index is 1.21. The Labute approximate surface area is 171 Å². The summed E-state index contributed by atoms with van der Waals surface area (Å²) in [5.41, 5.74) is 0.502. The van der Waals surface area contributed by atoms with Crippen LogP contribution in [0.2, 0.25) is 0 Å². The number of furan rings is 1. The van der Waals surface area contributed by atoms with E-state index < -0.39 is 10.8 Å². The second kappa shape index (κ2) is 8.41. The maximum Gasteiger partial charge on any atom is 0.433 e. The van der Waals surface area contributed by atoms with E-state index in [0.29, 0.717) is 56.3 Å². The average molecular weight is 416 g/mol. The van der Waals surface area contributed by atoms with Crippen molar-refractivity contribution in [1.29, 1.82) is 0 Å². The SMILES string of the molecule is O=C(NCCN1CCN(C(=O)c2ccc([N+](=O)[O-])o2)CC1)c1ccc2c(c1)OCO2. The van der Waals surface area contributed by atoms with E-state index >= 15 is 0 Å². The third-order valence-electron chi connectivity index (χ3n) is 4.99. The smallest absolute Gasteiger partial charge is 0.433 e. The molecule has 2 amide bonds. The molecular weight excluding hydrogens is 396 g/mol. The number of ether oxygens (including phenoxy) is 2. The van der Waals surface area contributed by atoms with Crippen molar-refractivity contribution in [2.24, 2.45) is 0 Å². The molecule has 0 saturated carbocycles. The second-order valence-corrected chi connectivity index (χ2v) is 6.85. The molecule has 1 saturated heterocycles. The van der Waals surface area contributed by atoms with Crippen molar-refractivity contribution in [2.45, 2.75) is 0 Å². The molecule has 11 nitrogen and oxygen atoms in total. The predicted molar refractivity (Wildman–Crippen MR) is 103 cm³/mol. The number of fused-ring (bicyclic) bond motifs is 1. The van der Waals surface area contributed by atoms with Crippen molar-refractivity contribution < 1.29 is 28.4 Å². The number of nitro groups is 1. The lowest BCUT2D eigenvalue weighted by Gasteiger charge is -2.34. The van der Waals surface area contributed by atoms with E-state index in [1.807, 2.05) is 0 Å². The number of hydrogen-bond acceptors (Lipinski definition) is 8. The molecule has 0 spiro atoms. The van der Waals surface area contributed by atoms with E-state index in [9.17, 15) is 19.7 Å². The highest BCUT2D eigenvalue weighted by molar-refractivity contribution is 5.95. The van der Waals surface area contributed by atoms with Crippen LogP contribution in [0.25, 0.3) is 0 Å². The number of piperazine rings is 1. The fourth-order valence-electron chi connectivity index (χ4n) is 3.34. The summed E-state index contributed by atoms with van der Waals surface area (Å²) in [5, 5.41) is 13.6. The highest BCUT2D eigenvalue weighted by Crippen LogP contribution is 2.32. The van der Waals surface area contributed by atoms with Crippen molar-refractivity contribution in [3.05, 3.63) is 51.8 Å². The van der Waals surface area contributed by atoms with E-state index in [-0.39, 0.29) is 24.4 Å². The first-order valence-corrected chi connectivity index (χ1v) is 9.45. The molecule has 158 valence electrons. The molecule has 0 aliphatic carbocycles. The van der Waals surface area contributed by atoms with Gasteiger partial charge >= 0.3 is 5.88 Å². The van der Waals surface area contributed by atoms with Crippen LogP contribution in [0, 0.1) is 10.1 Å². The van der Waals surface area contributed by atoms with Gasteiger partial charge in [-0.1, -0.05) is 0 Å². The topological polar surface area (TPSA) is 127 Å². The average Bonchev–Trinajstić information content (AvgIpc) is 3.43. The summed E-state index contributed by atoms with van der Waals surface area (Å²) in [6.07, 6.45) is 0. The number of benzene rings is 1. The standard InChI is InChI=1S/C19H20N4O7/c24-18(13-1-2-14-16(11-13)29-12-28-14)20-5-6-21-7-9-22(10-8-21)19(25)15-3-4-17(30-15)23(26)27/h1-4,11H,5-10,12H2,(H,20,24). The van der Waals surface area contributed by atoms with Crippen LogP contribution in [-0.2, 0) is 0 Å². The third-order valence-corrected chi connectivity index (χ3v) is 4.99. The van der Waals surface area contributed by atoms with Crippen LogP contribution in [0.4, 0.5) is 5.88 Å². The summed E-state index contributed by atoms with van der Waals surface area (Å²) >= 11 is 0. The van der Waals surface area contributed by atoms with Gasteiger partial charge < -0.3 is 24.1 Å². The molecule has 0 atom stereocenters. The number of amides is 2. The fraction of sp³-hybridized carbons (Fsp3) is 0.368. The van der Waals surface area contributed by atoms with Gasteiger partial charge in [-0.05, 0) is 24.3 Å². The molecule has 3 heterocycles. The molecule has 30 heavy (non-hydrogen) atoms. The number of carbonyl (C=O) groups is 2. The number of hydrogen-bond donors (Lipinski definition) is 1. The lowest BCUT2D eigenvalue weighted by molar-refractivity contribution is -0.402. The Kier molecular flexibility index (Phi) is 5.53. The lowest BCUT2D eigenvalue weighted by atomic mass is 10.2. The number of rotatable bonds is 6. The molecule has 2 aromatic rings. The van der Waals surface area contributed by atoms with Gasteiger partial charge in [-0.15, -0.1) is 0 Å². The van der Waals surface area contributed by atoms with E-state index in [2.05, 4.69) is 10.2 Å². The monoisotopic (exact) mass is 416 g/mol. The Morgan fingerprint density at radius 2 is 1.83 bits per heavy atom. The van der Waals surface area contributed by atoms with E-state index in [1.165, 1.54) is 12.1 Å². The van der Waals surface area contributed by atoms with Crippen LogP contribution in [-0.4, -0.2) is 72.6 Å². The lowest BCUT2D eigenvalue weighted by Crippen LogP contribution is -2.50. The summed E-state index contributed by atoms with van der Waals surface area (Å²) in [7, 11) is 0. The Morgan fingerprint density at radius 1 is 1.07 bits per heavy atom. The van der Waals surface area contributed by atoms with E-state index in [1.54, 1.807) is 23.1 Å². The van der Waals surface area contributed by atoms with Crippen LogP contribution in [0.3, 0.4) is 0 Å². The minimum atomic E-state index is -0.674. The second-order valence-electron chi connectivity index (χ2n) is 6.85. The summed E-state index contributed by atoms with van der Waals surface area (Å²) in [6.45, 7) is 3.48. The van der Waals surface area contributed by atoms with Crippen LogP contribution in [0.15, 0.2) is 34.7 Å². The normalized spacial score (nSPS) is 15.8. The van der Waals surface area contributed by atoms with Crippen molar-refractivity contribution in [2.75, 3.05) is 46.1 Å². The van der Waals surface area contributed by atoms with Gasteiger partial charge in [0, 0.05) is 44.8 Å². The summed E-state index contributed by atoms with van der Waals surface area (Å²) < 4.78 is 15.5. The molecule has 4 rings (SSSR count). The summed E-state index contributed by atoms with van der Waals surface area (Å²) in [5.74, 6) is 0.148. The Bertz CT molecular complexity index is 966. The first kappa shape index (κ1) is 19.7. The predicted octanol–water partition coefficient (Wildman–Crippen LogP) is 1.10. The van der Waals surface area contributed by atoms with Crippen molar-refractivity contribution in [3.8, 4) is 11.5 Å². The molecule has 0 bridgehead atoms. The molecule has 1 aromatic carbocycles. The quantitative estimate of drug-likeness (QED) is 0.548. The number of carbonyl (C=O) groups excluding carboxylic acids is 2. The minimum Gasteiger partial charge on any atom is -0.454 e. The molecule has 1 aromatic heterocycles. The van der Waals surface area contributed by atoms with Crippen molar-refractivity contribution in [1.82, 2.24) is 15.1 Å². The largest absolute Gasteiger partial charge is 0.454 e. The molecule has 2 aliphatic rings. The Hall–Kier alpha value is -3.60. The maximum atomic E-state index is 12.4. The zero-order chi connectivity index (χ0) is 21.1. The van der Waals surface area contributed by atoms with Crippen LogP contribution >= 0.6 is 0 Å². The summed E-state index contributed by atoms with van der Waals surface area (Å²) in [4.78, 5) is 38.4. The van der Waals surface area contributed by atoms with Gasteiger partial charge in [-0.2, -0.15) is 0 Å². The van der Waals surface area contributed by atoms with Crippen LogP contribution in [0.1, 0.15) is 20.9 Å². The van der Waals surface area contributed by atoms with Crippen molar-refractivity contribution in [3.63, 3.8) is 0 Å². The third kappa shape index (κ3) is 4.20. The van der Waals surface area contributed by atoms with Crippen LogP contribution in [0.5, 0.6) is 11.5 Å². The van der Waals surface area contributed by atoms with Gasteiger partial charge in [0.2, 0.25) is 6.79 Å². The zero-order valence-electron chi connectivity index (χ0n) is 16.0. The van der Waals surface area contributed by atoms with Gasteiger partial charge in [-0.25, -0.2) is 0 Å². The molecule has 0 radical (unpaired) electrons. The van der Waals surface area contributed by atoms with Gasteiger partial charge in [0.05, 0.1) is 6.07 Å². The molecule has 1 N–H and O–H groups in total. The van der Waals surface area contributed by atoms with Gasteiger partial charge in [0.25, 0.3) is 11.8 Å². The molecule has 0 unspecified atom stereocenters. The maximum absolute atomic E-state index is 12.4. The molecule has 11 heteroatoms. The Morgan fingerprint density at radius 3 is 2.57 bits per heavy atom. The van der Waals surface area contributed by atoms with E-state index in [0.717, 1.165) is 0 Å². The first-order chi connectivity index (χ1) is 14.5. The number of nitrogens with zero attached hydrogens (tertiary/aromatic N) is 3. The van der Waals surface area contributed by atoms with E-state index in [4.69, 9.17) is 13.9 Å². The van der Waals surface area contributed by atoms with Gasteiger partial charge in [-0.3, -0.25) is 24.6 Å².